The maximum absolute atomic E-state index is 2.41. The standard InChI is InChI=1S/C51H34S/c1-51(2)44-20-11-19-35(49(44)42-28-26-31-12-3-4-13-36(31)50(42)51)32-22-24-33(25-23-32)47-38-15-5-7-17-40(38)48(41-18-8-6-16-39(41)47)34-27-29-46-43(30-34)37-14-9-10-21-45(37)52-46/h3-30H,1-2H3. The number of rotatable bonds is 3. The fraction of sp³-hybridized carbons (Fsp3) is 0.0588. The summed E-state index contributed by atoms with van der Waals surface area (Å²) in [5.41, 5.74) is 13.1. The van der Waals surface area contributed by atoms with Crippen molar-refractivity contribution in [3.8, 4) is 44.5 Å². The van der Waals surface area contributed by atoms with Crippen LogP contribution in [0.1, 0.15) is 25.0 Å². The van der Waals surface area contributed by atoms with Crippen LogP contribution in [0.5, 0.6) is 0 Å². The zero-order chi connectivity index (χ0) is 34.6. The zero-order valence-electron chi connectivity index (χ0n) is 29.1. The van der Waals surface area contributed by atoms with Crippen LogP contribution in [0.4, 0.5) is 0 Å². The monoisotopic (exact) mass is 678 g/mol. The van der Waals surface area contributed by atoms with Gasteiger partial charge in [-0.2, -0.15) is 0 Å². The fourth-order valence-electron chi connectivity index (χ4n) is 9.34. The second kappa shape index (κ2) is 11.0. The molecule has 1 heteroatoms. The van der Waals surface area contributed by atoms with Gasteiger partial charge in [0, 0.05) is 25.6 Å². The van der Waals surface area contributed by atoms with E-state index in [1.165, 1.54) is 108 Å². The van der Waals surface area contributed by atoms with Crippen molar-refractivity contribution in [2.45, 2.75) is 19.3 Å². The molecule has 0 aliphatic heterocycles. The summed E-state index contributed by atoms with van der Waals surface area (Å²) in [6.07, 6.45) is 0. The molecule has 0 unspecified atom stereocenters. The molecule has 11 rings (SSSR count). The van der Waals surface area contributed by atoms with Crippen molar-refractivity contribution in [1.82, 2.24) is 0 Å². The predicted molar refractivity (Wildman–Crippen MR) is 226 cm³/mol. The molecule has 1 aliphatic rings. The molecule has 1 aliphatic carbocycles. The first-order valence-corrected chi connectivity index (χ1v) is 19.0. The van der Waals surface area contributed by atoms with E-state index in [9.17, 15) is 0 Å². The van der Waals surface area contributed by atoms with Crippen LogP contribution in [0.15, 0.2) is 170 Å². The Balaban J connectivity index is 1.09. The summed E-state index contributed by atoms with van der Waals surface area (Å²) in [7, 11) is 0. The second-order valence-corrected chi connectivity index (χ2v) is 15.9. The van der Waals surface area contributed by atoms with Crippen LogP contribution in [0.2, 0.25) is 0 Å². The third-order valence-electron chi connectivity index (χ3n) is 11.6. The number of hydrogen-bond donors (Lipinski definition) is 0. The van der Waals surface area contributed by atoms with Gasteiger partial charge in [-0.3, -0.25) is 0 Å². The Kier molecular flexibility index (Phi) is 6.27. The summed E-state index contributed by atoms with van der Waals surface area (Å²) >= 11 is 1.88. The minimum Gasteiger partial charge on any atom is -0.135 e. The van der Waals surface area contributed by atoms with Gasteiger partial charge in [-0.25, -0.2) is 0 Å². The first kappa shape index (κ1) is 29.7. The molecule has 0 N–H and O–H groups in total. The van der Waals surface area contributed by atoms with E-state index in [1.807, 2.05) is 11.3 Å². The number of benzene rings is 9. The molecule has 9 aromatic carbocycles. The molecule has 0 radical (unpaired) electrons. The minimum atomic E-state index is -0.0812. The van der Waals surface area contributed by atoms with Gasteiger partial charge in [-0.15, -0.1) is 11.3 Å². The van der Waals surface area contributed by atoms with E-state index in [1.54, 1.807) is 0 Å². The number of hydrogen-bond acceptors (Lipinski definition) is 1. The summed E-state index contributed by atoms with van der Waals surface area (Å²) in [5.74, 6) is 0. The van der Waals surface area contributed by atoms with Crippen LogP contribution in [0.25, 0.3) is 97.0 Å². The highest BCUT2D eigenvalue weighted by atomic mass is 32.1. The van der Waals surface area contributed by atoms with Crippen LogP contribution < -0.4 is 0 Å². The van der Waals surface area contributed by atoms with Crippen LogP contribution >= 0.6 is 11.3 Å². The molecule has 0 amide bonds. The molecule has 52 heavy (non-hydrogen) atoms. The molecule has 0 bridgehead atoms. The van der Waals surface area contributed by atoms with Crippen molar-refractivity contribution in [3.63, 3.8) is 0 Å². The topological polar surface area (TPSA) is 0 Å². The summed E-state index contributed by atoms with van der Waals surface area (Å²) in [5, 5.41) is 10.4. The Morgan fingerprint density at radius 2 is 0.923 bits per heavy atom. The highest BCUT2D eigenvalue weighted by Gasteiger charge is 2.38. The van der Waals surface area contributed by atoms with E-state index in [2.05, 4.69) is 184 Å². The molecule has 1 heterocycles. The van der Waals surface area contributed by atoms with Gasteiger partial charge in [0.05, 0.1) is 0 Å². The van der Waals surface area contributed by atoms with Crippen LogP contribution in [-0.4, -0.2) is 0 Å². The van der Waals surface area contributed by atoms with E-state index in [0.29, 0.717) is 0 Å². The van der Waals surface area contributed by atoms with Crippen molar-refractivity contribution in [2.24, 2.45) is 0 Å². The molecule has 0 nitrogen and oxygen atoms in total. The third-order valence-corrected chi connectivity index (χ3v) is 12.8. The average Bonchev–Trinajstić information content (AvgIpc) is 3.68. The Hall–Kier alpha value is -6.02. The zero-order valence-corrected chi connectivity index (χ0v) is 29.9. The quantitative estimate of drug-likeness (QED) is 0.163. The van der Waals surface area contributed by atoms with E-state index in [4.69, 9.17) is 0 Å². The maximum atomic E-state index is 2.41. The number of thiophene rings is 1. The van der Waals surface area contributed by atoms with Crippen LogP contribution in [0.3, 0.4) is 0 Å². The SMILES string of the molecule is CC1(C)c2cccc(-c3ccc(-c4c5ccccc5c(-c5ccc6sc7ccccc7c6c5)c5ccccc45)cc3)c2-c2ccc3ccccc3c21. The second-order valence-electron chi connectivity index (χ2n) is 14.8. The first-order valence-electron chi connectivity index (χ1n) is 18.2. The molecule has 0 atom stereocenters. The predicted octanol–water partition coefficient (Wildman–Crippen LogP) is 14.8. The van der Waals surface area contributed by atoms with Crippen molar-refractivity contribution < 1.29 is 0 Å². The largest absolute Gasteiger partial charge is 0.135 e. The molecular weight excluding hydrogens is 645 g/mol. The summed E-state index contributed by atoms with van der Waals surface area (Å²) < 4.78 is 2.67. The van der Waals surface area contributed by atoms with Crippen molar-refractivity contribution in [3.05, 3.63) is 181 Å². The van der Waals surface area contributed by atoms with Crippen molar-refractivity contribution in [2.75, 3.05) is 0 Å². The van der Waals surface area contributed by atoms with Gasteiger partial charge in [0.15, 0.2) is 0 Å². The third kappa shape index (κ3) is 4.15. The molecule has 1 aromatic heterocycles. The van der Waals surface area contributed by atoms with Crippen LogP contribution in [-0.2, 0) is 5.41 Å². The average molecular weight is 679 g/mol. The van der Waals surface area contributed by atoms with E-state index in [0.717, 1.165) is 0 Å². The summed E-state index contributed by atoms with van der Waals surface area (Å²) in [4.78, 5) is 0. The smallest absolute Gasteiger partial charge is 0.0355 e. The number of fused-ring (bicyclic) bond motifs is 10. The molecule has 0 spiro atoms. The Labute approximate surface area is 307 Å². The van der Waals surface area contributed by atoms with E-state index < -0.39 is 0 Å². The fourth-order valence-corrected chi connectivity index (χ4v) is 10.4. The lowest BCUT2D eigenvalue weighted by Crippen LogP contribution is -2.15. The molecule has 10 aromatic rings. The summed E-state index contributed by atoms with van der Waals surface area (Å²) in [6, 6.07) is 63.5. The van der Waals surface area contributed by atoms with Gasteiger partial charge in [0.2, 0.25) is 0 Å². The lowest BCUT2D eigenvalue weighted by molar-refractivity contribution is 0.666. The normalized spacial score (nSPS) is 13.3. The molecule has 0 saturated carbocycles. The van der Waals surface area contributed by atoms with Crippen molar-refractivity contribution >= 4 is 63.8 Å². The molecule has 0 saturated heterocycles. The molecular formula is C51H34S. The molecule has 0 fully saturated rings. The van der Waals surface area contributed by atoms with Crippen molar-refractivity contribution in [1.29, 1.82) is 0 Å². The highest BCUT2D eigenvalue weighted by molar-refractivity contribution is 7.25. The van der Waals surface area contributed by atoms with Crippen LogP contribution in [0, 0.1) is 0 Å². The van der Waals surface area contributed by atoms with E-state index in [-0.39, 0.29) is 5.41 Å². The van der Waals surface area contributed by atoms with Gasteiger partial charge >= 0.3 is 0 Å². The Morgan fingerprint density at radius 1 is 0.365 bits per heavy atom. The van der Waals surface area contributed by atoms with Gasteiger partial charge in [0.25, 0.3) is 0 Å². The lowest BCUT2D eigenvalue weighted by Gasteiger charge is -2.23. The van der Waals surface area contributed by atoms with Gasteiger partial charge < -0.3 is 0 Å². The maximum Gasteiger partial charge on any atom is 0.0355 e. The minimum absolute atomic E-state index is 0.0812. The summed E-state index contributed by atoms with van der Waals surface area (Å²) in [6.45, 7) is 4.77. The molecule has 244 valence electrons. The van der Waals surface area contributed by atoms with Gasteiger partial charge in [0.1, 0.15) is 0 Å². The Bertz CT molecular complexity index is 3030. The van der Waals surface area contributed by atoms with Gasteiger partial charge in [-0.05, 0) is 106 Å². The van der Waals surface area contributed by atoms with E-state index >= 15 is 0 Å². The lowest BCUT2D eigenvalue weighted by atomic mass is 9.80. The first-order chi connectivity index (χ1) is 25.6. The Morgan fingerprint density at radius 3 is 1.63 bits per heavy atom. The van der Waals surface area contributed by atoms with Gasteiger partial charge in [-0.1, -0.05) is 166 Å². The highest BCUT2D eigenvalue weighted by Crippen LogP contribution is 2.54.